The van der Waals surface area contributed by atoms with Crippen molar-refractivity contribution in [3.05, 3.63) is 87.0 Å². The summed E-state index contributed by atoms with van der Waals surface area (Å²) in [5.74, 6) is 1.93. The third-order valence-electron chi connectivity index (χ3n) is 6.68. The Morgan fingerprint density at radius 2 is 1.97 bits per heavy atom. The zero-order valence-corrected chi connectivity index (χ0v) is 20.5. The van der Waals surface area contributed by atoms with Gasteiger partial charge in [0.25, 0.3) is 5.91 Å². The topological polar surface area (TPSA) is 52.9 Å². The number of halogens is 2. The summed E-state index contributed by atoms with van der Waals surface area (Å²) in [5, 5.41) is 2.10. The van der Waals surface area contributed by atoms with E-state index in [-0.39, 0.29) is 12.7 Å². The summed E-state index contributed by atoms with van der Waals surface area (Å²) >= 11 is 12.5. The highest BCUT2D eigenvalue weighted by molar-refractivity contribution is 6.35. The molecule has 0 saturated heterocycles. The van der Waals surface area contributed by atoms with Gasteiger partial charge in [-0.05, 0) is 41.8 Å². The van der Waals surface area contributed by atoms with E-state index in [1.165, 1.54) is 0 Å². The molecule has 0 N–H and O–H groups in total. The zero-order chi connectivity index (χ0) is 24.1. The molecule has 0 fully saturated rings. The summed E-state index contributed by atoms with van der Waals surface area (Å²) < 4.78 is 18.9. The van der Waals surface area contributed by atoms with Crippen LogP contribution >= 0.6 is 23.2 Å². The van der Waals surface area contributed by atoms with Crippen LogP contribution < -0.4 is 14.2 Å². The Hall–Kier alpha value is -3.35. The van der Waals surface area contributed by atoms with Crippen molar-refractivity contribution in [3.8, 4) is 17.2 Å². The third kappa shape index (κ3) is 3.77. The van der Waals surface area contributed by atoms with E-state index in [2.05, 4.69) is 4.57 Å². The molecule has 8 heteroatoms. The first kappa shape index (κ1) is 22.1. The molecule has 0 aliphatic carbocycles. The van der Waals surface area contributed by atoms with E-state index in [9.17, 15) is 4.79 Å². The summed E-state index contributed by atoms with van der Waals surface area (Å²) in [6.07, 6.45) is 2.64. The average molecular weight is 509 g/mol. The molecule has 4 aromatic rings. The van der Waals surface area contributed by atoms with Crippen LogP contribution in [0.15, 0.2) is 54.7 Å². The highest BCUT2D eigenvalue weighted by Gasteiger charge is 2.31. The summed E-state index contributed by atoms with van der Waals surface area (Å²) in [6, 6.07) is 15.4. The number of aromatic nitrogens is 1. The van der Waals surface area contributed by atoms with E-state index in [0.29, 0.717) is 58.9 Å². The smallest absolute Gasteiger partial charge is 0.256 e. The Balaban J connectivity index is 1.35. The number of para-hydroxylation sites is 1. The van der Waals surface area contributed by atoms with Crippen molar-refractivity contribution in [2.75, 3.05) is 20.4 Å². The van der Waals surface area contributed by atoms with Gasteiger partial charge in [0.1, 0.15) is 0 Å². The lowest BCUT2D eigenvalue weighted by atomic mass is 9.97. The van der Waals surface area contributed by atoms with Crippen LogP contribution in [0, 0.1) is 0 Å². The van der Waals surface area contributed by atoms with Gasteiger partial charge < -0.3 is 23.7 Å². The van der Waals surface area contributed by atoms with E-state index in [1.54, 1.807) is 13.2 Å². The number of methoxy groups -OCH3 is 1. The molecule has 0 radical (unpaired) electrons. The van der Waals surface area contributed by atoms with Gasteiger partial charge in [-0.15, -0.1) is 0 Å². The highest BCUT2D eigenvalue weighted by Crippen LogP contribution is 2.46. The molecule has 1 aromatic heterocycles. The van der Waals surface area contributed by atoms with E-state index >= 15 is 0 Å². The molecule has 0 bridgehead atoms. The number of carbonyl (C=O) groups excluding carboxylic acids is 1. The van der Waals surface area contributed by atoms with Gasteiger partial charge in [-0.3, -0.25) is 4.79 Å². The van der Waals surface area contributed by atoms with Crippen LogP contribution in [0.4, 0.5) is 0 Å². The summed E-state index contributed by atoms with van der Waals surface area (Å²) in [6.45, 7) is 1.76. The summed E-state index contributed by atoms with van der Waals surface area (Å²) in [5.41, 5.74) is 4.65. The van der Waals surface area contributed by atoms with Crippen LogP contribution in [0.3, 0.4) is 0 Å². The number of hydrogen-bond acceptors (Lipinski definition) is 4. The second-order valence-electron chi connectivity index (χ2n) is 8.68. The van der Waals surface area contributed by atoms with E-state index in [0.717, 1.165) is 27.6 Å². The van der Waals surface area contributed by atoms with Crippen molar-refractivity contribution < 1.29 is 19.0 Å². The van der Waals surface area contributed by atoms with Gasteiger partial charge in [0.15, 0.2) is 11.5 Å². The van der Waals surface area contributed by atoms with Crippen molar-refractivity contribution in [1.82, 2.24) is 9.47 Å². The van der Waals surface area contributed by atoms with Gasteiger partial charge >= 0.3 is 0 Å². The largest absolute Gasteiger partial charge is 0.492 e. The van der Waals surface area contributed by atoms with Gasteiger partial charge in [-0.25, -0.2) is 0 Å². The molecule has 3 heterocycles. The Bertz CT molecular complexity index is 1480. The molecular formula is C27H22Cl2N2O4. The minimum atomic E-state index is -0.0208. The average Bonchev–Trinajstić information content (AvgIpc) is 3.48. The fourth-order valence-electron chi connectivity index (χ4n) is 4.96. The van der Waals surface area contributed by atoms with Crippen molar-refractivity contribution in [3.63, 3.8) is 0 Å². The first-order valence-corrected chi connectivity index (χ1v) is 12.1. The van der Waals surface area contributed by atoms with Crippen LogP contribution in [0.25, 0.3) is 10.9 Å². The summed E-state index contributed by atoms with van der Waals surface area (Å²) in [4.78, 5) is 15.7. The Kier molecular flexibility index (Phi) is 5.50. The molecule has 2 aliphatic rings. The van der Waals surface area contributed by atoms with Crippen LogP contribution in [-0.2, 0) is 19.5 Å². The third-order valence-corrected chi connectivity index (χ3v) is 7.27. The molecule has 35 heavy (non-hydrogen) atoms. The lowest BCUT2D eigenvalue weighted by Gasteiger charge is -2.30. The van der Waals surface area contributed by atoms with Crippen molar-refractivity contribution in [1.29, 1.82) is 0 Å². The normalized spacial score (nSPS) is 14.3. The maximum Gasteiger partial charge on any atom is 0.256 e. The minimum Gasteiger partial charge on any atom is -0.492 e. The molecule has 6 rings (SSSR count). The number of amides is 1. The number of benzene rings is 3. The molecule has 0 saturated carbocycles. The number of rotatable bonds is 4. The van der Waals surface area contributed by atoms with Crippen molar-refractivity contribution in [2.24, 2.45) is 0 Å². The zero-order valence-electron chi connectivity index (χ0n) is 19.0. The molecule has 0 unspecified atom stereocenters. The van der Waals surface area contributed by atoms with Crippen LogP contribution in [0.5, 0.6) is 17.2 Å². The Labute approximate surface area is 212 Å². The van der Waals surface area contributed by atoms with Crippen LogP contribution in [-0.4, -0.2) is 35.8 Å². The lowest BCUT2D eigenvalue weighted by molar-refractivity contribution is 0.0734. The quantitative estimate of drug-likeness (QED) is 0.342. The monoisotopic (exact) mass is 508 g/mol. The standard InChI is InChI=1S/C27H22Cl2N2O4/c1-33-25-20-13-30(9-8-16(20)10-24-26(25)35-15-34-24)27(32)21-14-31(23-5-3-2-4-19(21)23)12-17-6-7-18(28)11-22(17)29/h2-7,10-11,14H,8-9,12-13,15H2,1H3. The second kappa shape index (κ2) is 8.70. The van der Waals surface area contributed by atoms with Gasteiger partial charge in [-0.2, -0.15) is 0 Å². The van der Waals surface area contributed by atoms with E-state index < -0.39 is 0 Å². The van der Waals surface area contributed by atoms with Gasteiger partial charge in [0, 0.05) is 45.8 Å². The number of hydrogen-bond donors (Lipinski definition) is 0. The molecule has 3 aromatic carbocycles. The maximum atomic E-state index is 13.8. The molecule has 1 amide bonds. The number of carbonyl (C=O) groups is 1. The number of ether oxygens (including phenoxy) is 3. The maximum absolute atomic E-state index is 13.8. The van der Waals surface area contributed by atoms with Crippen LogP contribution in [0.2, 0.25) is 10.0 Å². The van der Waals surface area contributed by atoms with Gasteiger partial charge in [0.2, 0.25) is 12.5 Å². The minimum absolute atomic E-state index is 0.0208. The van der Waals surface area contributed by atoms with Gasteiger partial charge in [0.05, 0.1) is 19.2 Å². The molecular weight excluding hydrogens is 487 g/mol. The van der Waals surface area contributed by atoms with Crippen molar-refractivity contribution in [2.45, 2.75) is 19.5 Å². The van der Waals surface area contributed by atoms with Crippen molar-refractivity contribution >= 4 is 40.0 Å². The molecule has 0 spiro atoms. The predicted octanol–water partition coefficient (Wildman–Crippen LogP) is 5.93. The van der Waals surface area contributed by atoms with Crippen LogP contribution in [0.1, 0.15) is 27.0 Å². The van der Waals surface area contributed by atoms with E-state index in [4.69, 9.17) is 37.4 Å². The Morgan fingerprint density at radius 3 is 2.80 bits per heavy atom. The molecule has 2 aliphatic heterocycles. The fourth-order valence-corrected chi connectivity index (χ4v) is 5.43. The Morgan fingerprint density at radius 1 is 1.11 bits per heavy atom. The molecule has 178 valence electrons. The molecule has 6 nitrogen and oxygen atoms in total. The lowest BCUT2D eigenvalue weighted by Crippen LogP contribution is -2.36. The fraction of sp³-hybridized carbons (Fsp3) is 0.222. The number of fused-ring (bicyclic) bond motifs is 3. The first-order valence-electron chi connectivity index (χ1n) is 11.3. The van der Waals surface area contributed by atoms with E-state index in [1.807, 2.05) is 53.6 Å². The predicted molar refractivity (Wildman–Crippen MR) is 135 cm³/mol. The van der Waals surface area contributed by atoms with Gasteiger partial charge in [-0.1, -0.05) is 47.5 Å². The first-order chi connectivity index (χ1) is 17.0. The number of nitrogens with zero attached hydrogens (tertiary/aromatic N) is 2. The highest BCUT2D eigenvalue weighted by atomic mass is 35.5. The SMILES string of the molecule is COc1c2c(cc3c1OCO3)CCN(C(=O)c1cn(Cc3ccc(Cl)cc3Cl)c3ccccc13)C2. The second-order valence-corrected chi connectivity index (χ2v) is 9.53. The summed E-state index contributed by atoms with van der Waals surface area (Å²) in [7, 11) is 1.62. The molecule has 0 atom stereocenters.